The molecule has 1 aromatic carbocycles. The molecule has 0 radical (unpaired) electrons. The lowest BCUT2D eigenvalue weighted by Gasteiger charge is -2.06. The van der Waals surface area contributed by atoms with Gasteiger partial charge in [0.25, 0.3) is 0 Å². The third-order valence-corrected chi connectivity index (χ3v) is 3.01. The Morgan fingerprint density at radius 2 is 1.84 bits per heavy atom. The van der Waals surface area contributed by atoms with Crippen molar-refractivity contribution in [2.75, 3.05) is 0 Å². The molecule has 0 aliphatic heterocycles. The van der Waals surface area contributed by atoms with Crippen molar-refractivity contribution in [1.82, 2.24) is 10.3 Å². The van der Waals surface area contributed by atoms with E-state index in [1.807, 2.05) is 43.3 Å². The van der Waals surface area contributed by atoms with E-state index in [9.17, 15) is 4.79 Å². The van der Waals surface area contributed by atoms with Crippen molar-refractivity contribution >= 4 is 5.78 Å². The van der Waals surface area contributed by atoms with Crippen LogP contribution in [0.5, 0.6) is 0 Å². The maximum Gasteiger partial charge on any atom is 0.209 e. The van der Waals surface area contributed by atoms with Gasteiger partial charge in [-0.2, -0.15) is 0 Å². The van der Waals surface area contributed by atoms with Gasteiger partial charge in [-0.05, 0) is 19.1 Å². The molecule has 2 aromatic rings. The van der Waals surface area contributed by atoms with Crippen molar-refractivity contribution in [1.29, 1.82) is 0 Å². The maximum atomic E-state index is 12.3. The molecule has 1 aromatic heterocycles. The highest BCUT2D eigenvalue weighted by Crippen LogP contribution is 2.11. The van der Waals surface area contributed by atoms with Crippen molar-refractivity contribution in [3.8, 4) is 0 Å². The Hall–Kier alpha value is -1.87. The normalized spacial score (nSPS) is 10.9. The lowest BCUT2D eigenvalue weighted by atomic mass is 10.1. The summed E-state index contributed by atoms with van der Waals surface area (Å²) in [5.74, 6) is 0.0378. The van der Waals surface area contributed by atoms with Crippen LogP contribution in [0.25, 0.3) is 0 Å². The summed E-state index contributed by atoms with van der Waals surface area (Å²) in [5.41, 5.74) is 3.55. The number of rotatable bonds is 5. The summed E-state index contributed by atoms with van der Waals surface area (Å²) in [4.78, 5) is 15.4. The Kier molecular flexibility index (Phi) is 4.17. The lowest BCUT2D eigenvalue weighted by molar-refractivity contribution is 0.103. The summed E-state index contributed by atoms with van der Waals surface area (Å²) < 4.78 is 0. The topological polar surface area (TPSA) is 44.9 Å². The van der Waals surface area contributed by atoms with E-state index in [0.29, 0.717) is 11.7 Å². The first-order valence-corrected chi connectivity index (χ1v) is 6.59. The number of carbonyl (C=O) groups excluding carboxylic acids is 1. The largest absolute Gasteiger partial charge is 0.355 e. The monoisotopic (exact) mass is 256 g/mol. The number of carbonyl (C=O) groups is 1. The fourth-order valence-corrected chi connectivity index (χ4v) is 1.85. The second kappa shape index (κ2) is 5.85. The maximum absolute atomic E-state index is 12.3. The Balaban J connectivity index is 2.09. The first kappa shape index (κ1) is 13.6. The van der Waals surface area contributed by atoms with E-state index < -0.39 is 0 Å². The molecular weight excluding hydrogens is 236 g/mol. The molecule has 3 heteroatoms. The van der Waals surface area contributed by atoms with Crippen LogP contribution >= 0.6 is 0 Å². The molecule has 0 aliphatic carbocycles. The van der Waals surface area contributed by atoms with Gasteiger partial charge in [0.2, 0.25) is 5.78 Å². The third-order valence-electron chi connectivity index (χ3n) is 3.01. The van der Waals surface area contributed by atoms with E-state index in [1.54, 1.807) is 0 Å². The zero-order valence-electron chi connectivity index (χ0n) is 11.7. The molecule has 0 fully saturated rings. The van der Waals surface area contributed by atoms with Crippen LogP contribution in [0.4, 0.5) is 0 Å². The Labute approximate surface area is 114 Å². The number of aromatic nitrogens is 1. The average Bonchev–Trinajstić information content (AvgIpc) is 2.85. The number of ketones is 1. The molecule has 19 heavy (non-hydrogen) atoms. The average molecular weight is 256 g/mol. The molecule has 0 unspecified atom stereocenters. The zero-order valence-corrected chi connectivity index (χ0v) is 11.7. The van der Waals surface area contributed by atoms with Crippen molar-refractivity contribution in [3.05, 3.63) is 58.9 Å². The van der Waals surface area contributed by atoms with Crippen LogP contribution in [0.2, 0.25) is 0 Å². The minimum absolute atomic E-state index is 0.0378. The van der Waals surface area contributed by atoms with Crippen molar-refractivity contribution < 1.29 is 4.79 Å². The van der Waals surface area contributed by atoms with Crippen LogP contribution in [-0.2, 0) is 6.54 Å². The molecule has 0 amide bonds. The fourth-order valence-electron chi connectivity index (χ4n) is 1.85. The van der Waals surface area contributed by atoms with E-state index in [2.05, 4.69) is 24.1 Å². The van der Waals surface area contributed by atoms with Crippen LogP contribution in [0.15, 0.2) is 36.4 Å². The van der Waals surface area contributed by atoms with Crippen molar-refractivity contribution in [3.63, 3.8) is 0 Å². The first-order chi connectivity index (χ1) is 9.06. The molecule has 2 rings (SSSR count). The molecule has 3 nitrogen and oxygen atoms in total. The Morgan fingerprint density at radius 3 is 2.47 bits per heavy atom. The van der Waals surface area contributed by atoms with Gasteiger partial charge in [0, 0.05) is 23.8 Å². The van der Waals surface area contributed by atoms with Gasteiger partial charge in [-0.1, -0.05) is 43.7 Å². The molecule has 0 saturated carbocycles. The quantitative estimate of drug-likeness (QED) is 0.808. The van der Waals surface area contributed by atoms with Crippen molar-refractivity contribution in [2.24, 2.45) is 0 Å². The smallest absolute Gasteiger partial charge is 0.209 e. The summed E-state index contributed by atoms with van der Waals surface area (Å²) in [5, 5.41) is 3.32. The van der Waals surface area contributed by atoms with Gasteiger partial charge in [0.05, 0.1) is 5.69 Å². The van der Waals surface area contributed by atoms with Crippen molar-refractivity contribution in [2.45, 2.75) is 33.4 Å². The molecule has 0 saturated heterocycles. The first-order valence-electron chi connectivity index (χ1n) is 6.59. The molecule has 0 atom stereocenters. The number of hydrogen-bond acceptors (Lipinski definition) is 2. The van der Waals surface area contributed by atoms with Gasteiger partial charge >= 0.3 is 0 Å². The minimum Gasteiger partial charge on any atom is -0.355 e. The molecule has 2 N–H and O–H groups in total. The predicted molar refractivity (Wildman–Crippen MR) is 77.4 cm³/mol. The van der Waals surface area contributed by atoms with Crippen LogP contribution in [0, 0.1) is 6.92 Å². The third kappa shape index (κ3) is 3.55. The summed E-state index contributed by atoms with van der Waals surface area (Å²) >= 11 is 0. The number of H-pyrrole nitrogens is 1. The highest BCUT2D eigenvalue weighted by atomic mass is 16.1. The van der Waals surface area contributed by atoms with Gasteiger partial charge in [0.15, 0.2) is 0 Å². The summed E-state index contributed by atoms with van der Waals surface area (Å²) in [7, 11) is 0. The molecular formula is C16H20N2O. The molecule has 0 spiro atoms. The highest BCUT2D eigenvalue weighted by Gasteiger charge is 2.10. The number of hydrogen-bond donors (Lipinski definition) is 2. The summed E-state index contributed by atoms with van der Waals surface area (Å²) in [6.07, 6.45) is 0. The van der Waals surface area contributed by atoms with Crippen LogP contribution in [0.3, 0.4) is 0 Å². The Bertz CT molecular complexity index is 552. The number of aryl methyl sites for hydroxylation is 1. The predicted octanol–water partition coefficient (Wildman–Crippen LogP) is 3.05. The SMILES string of the molecule is Cc1ccc(C(=O)c2ccc(CNC(C)C)[nH]2)cc1. The van der Waals surface area contributed by atoms with Gasteiger partial charge in [-0.15, -0.1) is 0 Å². The van der Waals surface area contributed by atoms with E-state index >= 15 is 0 Å². The molecule has 1 heterocycles. The summed E-state index contributed by atoms with van der Waals surface area (Å²) in [6.45, 7) is 6.96. The number of benzene rings is 1. The zero-order chi connectivity index (χ0) is 13.8. The highest BCUT2D eigenvalue weighted by molar-refractivity contribution is 6.07. The second-order valence-corrected chi connectivity index (χ2v) is 5.13. The lowest BCUT2D eigenvalue weighted by Crippen LogP contribution is -2.22. The standard InChI is InChI=1S/C16H20N2O/c1-11(2)17-10-14-8-9-15(18-14)16(19)13-6-4-12(3)5-7-13/h4-9,11,17-18H,10H2,1-3H3. The van der Waals surface area contributed by atoms with E-state index in [0.717, 1.165) is 23.4 Å². The molecule has 100 valence electrons. The van der Waals surface area contributed by atoms with E-state index in [4.69, 9.17) is 0 Å². The number of nitrogens with one attached hydrogen (secondary N) is 2. The Morgan fingerprint density at radius 1 is 1.16 bits per heavy atom. The van der Waals surface area contributed by atoms with Gasteiger partial charge in [-0.25, -0.2) is 0 Å². The summed E-state index contributed by atoms with van der Waals surface area (Å²) in [6, 6.07) is 11.9. The van der Waals surface area contributed by atoms with E-state index in [1.165, 1.54) is 0 Å². The number of aromatic amines is 1. The fraction of sp³-hybridized carbons (Fsp3) is 0.312. The molecule has 0 aliphatic rings. The molecule has 0 bridgehead atoms. The second-order valence-electron chi connectivity index (χ2n) is 5.13. The van der Waals surface area contributed by atoms with Crippen LogP contribution in [0.1, 0.15) is 41.2 Å². The van der Waals surface area contributed by atoms with Gasteiger partial charge in [0.1, 0.15) is 0 Å². The minimum atomic E-state index is 0.0378. The van der Waals surface area contributed by atoms with Gasteiger partial charge in [-0.3, -0.25) is 4.79 Å². The van der Waals surface area contributed by atoms with Crippen LogP contribution < -0.4 is 5.32 Å². The van der Waals surface area contributed by atoms with E-state index in [-0.39, 0.29) is 5.78 Å². The van der Waals surface area contributed by atoms with Gasteiger partial charge < -0.3 is 10.3 Å². The van der Waals surface area contributed by atoms with Crippen LogP contribution in [-0.4, -0.2) is 16.8 Å².